The van der Waals surface area contributed by atoms with E-state index in [0.717, 1.165) is 5.56 Å². The number of nitrogens with zero attached hydrogens (tertiary/aromatic N) is 2. The molecule has 0 bridgehead atoms. The van der Waals surface area contributed by atoms with Crippen LogP contribution in [0.3, 0.4) is 0 Å². The molecule has 3 heterocycles. The molecule has 7 heteroatoms. The summed E-state index contributed by atoms with van der Waals surface area (Å²) in [6.45, 7) is 2.66. The molecule has 1 N–H and O–H groups in total. The van der Waals surface area contributed by atoms with Crippen molar-refractivity contribution in [3.8, 4) is 0 Å². The molecule has 2 aliphatic rings. The molecular formula is C18H19N3O4. The maximum atomic E-state index is 13.0. The Morgan fingerprint density at radius 2 is 2.12 bits per heavy atom. The average molecular weight is 341 g/mol. The quantitative estimate of drug-likeness (QED) is 0.884. The third-order valence-corrected chi connectivity index (χ3v) is 4.95. The predicted molar refractivity (Wildman–Crippen MR) is 88.0 cm³/mol. The van der Waals surface area contributed by atoms with E-state index in [1.54, 1.807) is 11.8 Å². The predicted octanol–water partition coefficient (Wildman–Crippen LogP) is 1.11. The number of hydrogen-bond acceptors (Lipinski definition) is 5. The lowest BCUT2D eigenvalue weighted by molar-refractivity contribution is -0.125. The first kappa shape index (κ1) is 15.8. The molecule has 3 atom stereocenters. The average Bonchev–Trinajstić information content (AvgIpc) is 3.16. The van der Waals surface area contributed by atoms with Gasteiger partial charge in [0.25, 0.3) is 5.91 Å². The Kier molecular flexibility index (Phi) is 4.01. The topological polar surface area (TPSA) is 84.7 Å². The zero-order chi connectivity index (χ0) is 17.4. The Bertz CT molecular complexity index is 789. The van der Waals surface area contributed by atoms with Crippen LogP contribution in [-0.2, 0) is 9.53 Å². The fraction of sp³-hybridized carbons (Fsp3) is 0.389. The van der Waals surface area contributed by atoms with Gasteiger partial charge in [-0.05, 0) is 12.5 Å². The van der Waals surface area contributed by atoms with Gasteiger partial charge in [-0.15, -0.1) is 0 Å². The van der Waals surface area contributed by atoms with Crippen molar-refractivity contribution in [1.82, 2.24) is 15.4 Å². The monoisotopic (exact) mass is 341 g/mol. The van der Waals surface area contributed by atoms with Crippen molar-refractivity contribution in [1.29, 1.82) is 0 Å². The first-order chi connectivity index (χ1) is 12.1. The maximum absolute atomic E-state index is 13.0. The number of likely N-dealkylation sites (tertiary alicyclic amines) is 1. The van der Waals surface area contributed by atoms with E-state index in [1.165, 1.54) is 6.26 Å². The van der Waals surface area contributed by atoms with Crippen LogP contribution in [0.1, 0.15) is 27.5 Å². The minimum absolute atomic E-state index is 0.0127. The Hall–Kier alpha value is -2.67. The van der Waals surface area contributed by atoms with Crippen molar-refractivity contribution in [3.05, 3.63) is 53.4 Å². The van der Waals surface area contributed by atoms with Gasteiger partial charge in [-0.3, -0.25) is 9.59 Å². The van der Waals surface area contributed by atoms with E-state index in [0.29, 0.717) is 24.3 Å². The molecule has 2 aliphatic heterocycles. The molecule has 2 fully saturated rings. The van der Waals surface area contributed by atoms with E-state index in [2.05, 4.69) is 10.5 Å². The molecule has 0 unspecified atom stereocenters. The standard InChI is InChI=1S/C18H19N3O4/c1-11-14(9-25-20-11)18(23)21-8-13(12-5-3-2-4-6-12)17-15(21)7-19-16(22)10-24-17/h2-6,9,13,15,17H,7-8,10H2,1H3,(H,19,22)/t13-,15-,17-/m1/s1. The van der Waals surface area contributed by atoms with Gasteiger partial charge in [0.2, 0.25) is 5.91 Å². The minimum Gasteiger partial charge on any atom is -0.365 e. The second-order valence-electron chi connectivity index (χ2n) is 6.44. The summed E-state index contributed by atoms with van der Waals surface area (Å²) >= 11 is 0. The lowest BCUT2D eigenvalue weighted by Gasteiger charge is -2.26. The van der Waals surface area contributed by atoms with Crippen LogP contribution in [-0.4, -0.2) is 53.7 Å². The van der Waals surface area contributed by atoms with Crippen LogP contribution < -0.4 is 5.32 Å². The molecule has 2 amide bonds. The molecule has 7 nitrogen and oxygen atoms in total. The van der Waals surface area contributed by atoms with Crippen LogP contribution in [0.15, 0.2) is 41.1 Å². The summed E-state index contributed by atoms with van der Waals surface area (Å²) in [7, 11) is 0. The lowest BCUT2D eigenvalue weighted by atomic mass is 9.93. The molecule has 130 valence electrons. The Labute approximate surface area is 144 Å². The highest BCUT2D eigenvalue weighted by Crippen LogP contribution is 2.36. The van der Waals surface area contributed by atoms with E-state index in [4.69, 9.17) is 9.26 Å². The summed E-state index contributed by atoms with van der Waals surface area (Å²) in [4.78, 5) is 26.5. The maximum Gasteiger partial charge on any atom is 0.259 e. The van der Waals surface area contributed by atoms with E-state index in [9.17, 15) is 9.59 Å². The third kappa shape index (κ3) is 2.80. The first-order valence-electron chi connectivity index (χ1n) is 8.30. The highest BCUT2D eigenvalue weighted by molar-refractivity contribution is 5.95. The van der Waals surface area contributed by atoms with Crippen molar-refractivity contribution in [3.63, 3.8) is 0 Å². The van der Waals surface area contributed by atoms with Crippen LogP contribution in [0.2, 0.25) is 0 Å². The molecule has 0 saturated carbocycles. The van der Waals surface area contributed by atoms with Gasteiger partial charge in [-0.25, -0.2) is 0 Å². The van der Waals surface area contributed by atoms with E-state index >= 15 is 0 Å². The Balaban J connectivity index is 1.68. The van der Waals surface area contributed by atoms with Crippen LogP contribution in [0.4, 0.5) is 0 Å². The molecule has 2 saturated heterocycles. The lowest BCUT2D eigenvalue weighted by Crippen LogP contribution is -2.45. The Morgan fingerprint density at radius 1 is 1.32 bits per heavy atom. The van der Waals surface area contributed by atoms with Crippen molar-refractivity contribution >= 4 is 11.8 Å². The number of hydrogen-bond donors (Lipinski definition) is 1. The molecule has 1 aromatic heterocycles. The smallest absolute Gasteiger partial charge is 0.259 e. The number of aryl methyl sites for hydroxylation is 1. The summed E-state index contributed by atoms with van der Waals surface area (Å²) in [5.74, 6) is -0.287. The van der Waals surface area contributed by atoms with Gasteiger partial charge in [0.15, 0.2) is 0 Å². The van der Waals surface area contributed by atoms with Crippen LogP contribution in [0.25, 0.3) is 0 Å². The third-order valence-electron chi connectivity index (χ3n) is 4.95. The summed E-state index contributed by atoms with van der Waals surface area (Å²) < 4.78 is 10.8. The highest BCUT2D eigenvalue weighted by atomic mass is 16.5. The molecule has 1 aromatic carbocycles. The SMILES string of the molecule is Cc1nocc1C(=O)N1C[C@H](c2ccccc2)[C@H]2OCC(=O)NC[C@H]21. The van der Waals surface area contributed by atoms with Gasteiger partial charge in [0.05, 0.1) is 17.8 Å². The van der Waals surface area contributed by atoms with Crippen LogP contribution in [0.5, 0.6) is 0 Å². The van der Waals surface area contributed by atoms with Gasteiger partial charge in [-0.1, -0.05) is 35.5 Å². The van der Waals surface area contributed by atoms with Crippen LogP contribution >= 0.6 is 0 Å². The summed E-state index contributed by atoms with van der Waals surface area (Å²) in [6, 6.07) is 9.74. The zero-order valence-electron chi connectivity index (χ0n) is 13.8. The molecule has 0 spiro atoms. The van der Waals surface area contributed by atoms with Gasteiger partial charge >= 0.3 is 0 Å². The second-order valence-corrected chi connectivity index (χ2v) is 6.44. The molecule has 2 aromatic rings. The number of ether oxygens (including phenoxy) is 1. The number of carbonyl (C=O) groups is 2. The van der Waals surface area contributed by atoms with Crippen molar-refractivity contribution in [2.24, 2.45) is 0 Å². The van der Waals surface area contributed by atoms with E-state index in [1.807, 2.05) is 30.3 Å². The van der Waals surface area contributed by atoms with Gasteiger partial charge in [0.1, 0.15) is 18.4 Å². The van der Waals surface area contributed by atoms with Crippen LogP contribution in [0, 0.1) is 6.92 Å². The molecule has 25 heavy (non-hydrogen) atoms. The normalized spacial score (nSPS) is 26.0. The number of nitrogens with one attached hydrogen (secondary N) is 1. The van der Waals surface area contributed by atoms with E-state index < -0.39 is 0 Å². The van der Waals surface area contributed by atoms with Crippen molar-refractivity contribution < 1.29 is 18.8 Å². The highest BCUT2D eigenvalue weighted by Gasteiger charge is 2.47. The first-order valence-corrected chi connectivity index (χ1v) is 8.30. The number of benzene rings is 1. The van der Waals surface area contributed by atoms with Gasteiger partial charge < -0.3 is 19.5 Å². The second kappa shape index (κ2) is 6.33. The largest absolute Gasteiger partial charge is 0.365 e. The molecule has 0 radical (unpaired) electrons. The van der Waals surface area contributed by atoms with Crippen molar-refractivity contribution in [2.75, 3.05) is 19.7 Å². The molecule has 4 rings (SSSR count). The minimum atomic E-state index is -0.231. The molecule has 0 aliphatic carbocycles. The number of amides is 2. The van der Waals surface area contributed by atoms with E-state index in [-0.39, 0.29) is 36.5 Å². The number of rotatable bonds is 2. The summed E-state index contributed by atoms with van der Waals surface area (Å²) in [5.41, 5.74) is 2.11. The number of fused-ring (bicyclic) bond motifs is 1. The fourth-order valence-corrected chi connectivity index (χ4v) is 3.67. The Morgan fingerprint density at radius 3 is 2.84 bits per heavy atom. The summed E-state index contributed by atoms with van der Waals surface area (Å²) in [5, 5.41) is 6.63. The van der Waals surface area contributed by atoms with Gasteiger partial charge in [-0.2, -0.15) is 0 Å². The van der Waals surface area contributed by atoms with Crippen molar-refractivity contribution in [2.45, 2.75) is 25.0 Å². The molecular weight excluding hydrogens is 322 g/mol. The number of carbonyl (C=O) groups excluding carboxylic acids is 2. The van der Waals surface area contributed by atoms with Gasteiger partial charge in [0, 0.05) is 19.0 Å². The zero-order valence-corrected chi connectivity index (χ0v) is 13.8. The summed E-state index contributed by atoms with van der Waals surface area (Å²) in [6.07, 6.45) is 1.14. The fourth-order valence-electron chi connectivity index (χ4n) is 3.67. The number of aromatic nitrogens is 1.